The van der Waals surface area contributed by atoms with E-state index in [1.165, 1.54) is 5.19 Å². The molecule has 0 spiro atoms. The van der Waals surface area contributed by atoms with Crippen molar-refractivity contribution >= 4 is 19.2 Å². The van der Waals surface area contributed by atoms with Crippen LogP contribution in [0.15, 0.2) is 30.3 Å². The second kappa shape index (κ2) is 6.77. The standard InChI is InChI=1S/C19H31NO2Si/c1-7-18(21)22-19(13-16(3)20(4)14-15(19)2)23(5,6)17-11-9-8-10-12-17/h8-12,15-16H,7,13-14H2,1-6H3. The van der Waals surface area contributed by atoms with E-state index in [1.807, 2.05) is 6.92 Å². The lowest BCUT2D eigenvalue weighted by atomic mass is 9.91. The molecule has 1 aromatic rings. The van der Waals surface area contributed by atoms with Crippen molar-refractivity contribution in [3.63, 3.8) is 0 Å². The molecule has 1 heterocycles. The fourth-order valence-electron chi connectivity index (χ4n) is 4.07. The number of carbonyl (C=O) groups is 1. The Bertz CT molecular complexity index is 546. The van der Waals surface area contributed by atoms with Crippen LogP contribution in [0.25, 0.3) is 0 Å². The van der Waals surface area contributed by atoms with Gasteiger partial charge in [0.25, 0.3) is 0 Å². The van der Waals surface area contributed by atoms with Crippen molar-refractivity contribution in [1.82, 2.24) is 4.90 Å². The maximum Gasteiger partial charge on any atom is 0.305 e. The van der Waals surface area contributed by atoms with Gasteiger partial charge >= 0.3 is 5.97 Å². The Morgan fingerprint density at radius 1 is 1.30 bits per heavy atom. The van der Waals surface area contributed by atoms with Crippen LogP contribution in [0.2, 0.25) is 13.1 Å². The molecule has 2 rings (SSSR count). The Morgan fingerprint density at radius 2 is 1.91 bits per heavy atom. The van der Waals surface area contributed by atoms with E-state index < -0.39 is 8.07 Å². The van der Waals surface area contributed by atoms with Gasteiger partial charge in [0.05, 0.1) is 0 Å². The summed E-state index contributed by atoms with van der Waals surface area (Å²) in [7, 11) is 0.158. The minimum absolute atomic E-state index is 0.0647. The maximum atomic E-state index is 12.3. The summed E-state index contributed by atoms with van der Waals surface area (Å²) in [6, 6.07) is 11.1. The predicted octanol–water partition coefficient (Wildman–Crippen LogP) is 3.19. The quantitative estimate of drug-likeness (QED) is 0.626. The molecule has 0 amide bonds. The third-order valence-corrected chi connectivity index (χ3v) is 10.5. The lowest BCUT2D eigenvalue weighted by Gasteiger charge is -2.55. The Labute approximate surface area is 142 Å². The normalized spacial score (nSPS) is 29.3. The van der Waals surface area contributed by atoms with Crippen molar-refractivity contribution in [2.75, 3.05) is 13.6 Å². The van der Waals surface area contributed by atoms with Crippen LogP contribution in [0.5, 0.6) is 0 Å². The van der Waals surface area contributed by atoms with Crippen LogP contribution in [0.1, 0.15) is 33.6 Å². The molecule has 3 unspecified atom stereocenters. The molecule has 1 aliphatic heterocycles. The van der Waals surface area contributed by atoms with Crippen LogP contribution in [-0.4, -0.2) is 43.8 Å². The maximum absolute atomic E-state index is 12.3. The molecule has 1 aromatic carbocycles. The summed E-state index contributed by atoms with van der Waals surface area (Å²) in [6.07, 6.45) is 1.36. The van der Waals surface area contributed by atoms with Gasteiger partial charge in [-0.05, 0) is 20.4 Å². The third-order valence-electron chi connectivity index (χ3n) is 5.85. The number of esters is 1. The zero-order valence-electron chi connectivity index (χ0n) is 15.4. The third kappa shape index (κ3) is 3.24. The zero-order chi connectivity index (χ0) is 17.3. The van der Waals surface area contributed by atoms with Gasteiger partial charge in [0.1, 0.15) is 13.3 Å². The van der Waals surface area contributed by atoms with Crippen LogP contribution in [0.3, 0.4) is 0 Å². The molecule has 3 nitrogen and oxygen atoms in total. The van der Waals surface area contributed by atoms with Gasteiger partial charge < -0.3 is 9.64 Å². The molecule has 1 aliphatic rings. The van der Waals surface area contributed by atoms with Crippen molar-refractivity contribution in [2.45, 2.75) is 58.0 Å². The summed E-state index contributed by atoms with van der Waals surface area (Å²) in [4.78, 5) is 14.7. The topological polar surface area (TPSA) is 29.5 Å². The molecule has 1 saturated heterocycles. The van der Waals surface area contributed by atoms with E-state index in [9.17, 15) is 4.79 Å². The summed E-state index contributed by atoms with van der Waals surface area (Å²) in [5.74, 6) is 0.270. The molecular formula is C19H31NO2Si. The van der Waals surface area contributed by atoms with Crippen LogP contribution in [-0.2, 0) is 9.53 Å². The zero-order valence-corrected chi connectivity index (χ0v) is 16.4. The monoisotopic (exact) mass is 333 g/mol. The molecule has 1 fully saturated rings. The molecule has 0 saturated carbocycles. The highest BCUT2D eigenvalue weighted by Crippen LogP contribution is 2.41. The molecular weight excluding hydrogens is 302 g/mol. The average Bonchev–Trinajstić information content (AvgIpc) is 2.53. The van der Waals surface area contributed by atoms with Crippen LogP contribution >= 0.6 is 0 Å². The van der Waals surface area contributed by atoms with Crippen LogP contribution in [0, 0.1) is 5.92 Å². The molecule has 0 radical (unpaired) electrons. The van der Waals surface area contributed by atoms with Crippen molar-refractivity contribution in [1.29, 1.82) is 0 Å². The first-order chi connectivity index (χ1) is 10.7. The molecule has 0 aromatic heterocycles. The number of hydrogen-bond acceptors (Lipinski definition) is 3. The second-order valence-corrected chi connectivity index (χ2v) is 12.3. The van der Waals surface area contributed by atoms with Crippen molar-refractivity contribution < 1.29 is 9.53 Å². The minimum atomic E-state index is -2.01. The average molecular weight is 334 g/mol. The molecule has 23 heavy (non-hydrogen) atoms. The van der Waals surface area contributed by atoms with Gasteiger partial charge in [-0.3, -0.25) is 4.79 Å². The number of ether oxygens (including phenoxy) is 1. The van der Waals surface area contributed by atoms with Gasteiger partial charge in [0, 0.05) is 24.9 Å². The number of rotatable bonds is 4. The van der Waals surface area contributed by atoms with E-state index in [1.54, 1.807) is 0 Å². The molecule has 0 bridgehead atoms. The van der Waals surface area contributed by atoms with Crippen LogP contribution < -0.4 is 5.19 Å². The number of benzene rings is 1. The van der Waals surface area contributed by atoms with Gasteiger partial charge in [0.2, 0.25) is 0 Å². The summed E-state index contributed by atoms with van der Waals surface area (Å²) in [6.45, 7) is 12.1. The SMILES string of the molecule is CCC(=O)OC1([Si](C)(C)c2ccccc2)CC(C)N(C)CC1C. The number of hydrogen-bond donors (Lipinski definition) is 0. The lowest BCUT2D eigenvalue weighted by molar-refractivity contribution is -0.162. The largest absolute Gasteiger partial charge is 0.462 e. The molecule has 0 N–H and O–H groups in total. The van der Waals surface area contributed by atoms with E-state index >= 15 is 0 Å². The Balaban J connectivity index is 2.51. The van der Waals surface area contributed by atoms with E-state index in [2.05, 4.69) is 69.2 Å². The Hall–Kier alpha value is -1.13. The summed E-state index contributed by atoms with van der Waals surface area (Å²) >= 11 is 0. The van der Waals surface area contributed by atoms with Gasteiger partial charge in [-0.1, -0.05) is 62.5 Å². The smallest absolute Gasteiger partial charge is 0.305 e. The van der Waals surface area contributed by atoms with E-state index in [4.69, 9.17) is 4.74 Å². The number of piperidine rings is 1. The number of likely N-dealkylation sites (tertiary alicyclic amines) is 1. The molecule has 4 heteroatoms. The highest BCUT2D eigenvalue weighted by atomic mass is 28.3. The lowest BCUT2D eigenvalue weighted by Crippen LogP contribution is -2.72. The Kier molecular flexibility index (Phi) is 5.36. The van der Waals surface area contributed by atoms with Crippen LogP contribution in [0.4, 0.5) is 0 Å². The van der Waals surface area contributed by atoms with Gasteiger partial charge in [-0.25, -0.2) is 0 Å². The molecule has 128 valence electrons. The van der Waals surface area contributed by atoms with E-state index in [0.29, 0.717) is 18.4 Å². The highest BCUT2D eigenvalue weighted by Gasteiger charge is 2.57. The number of carbonyl (C=O) groups excluding carboxylic acids is 1. The first kappa shape index (κ1) is 18.2. The minimum Gasteiger partial charge on any atom is -0.462 e. The molecule has 0 aliphatic carbocycles. The first-order valence-electron chi connectivity index (χ1n) is 8.72. The van der Waals surface area contributed by atoms with Crippen molar-refractivity contribution in [3.05, 3.63) is 30.3 Å². The summed E-state index contributed by atoms with van der Waals surface area (Å²) < 4.78 is 6.27. The highest BCUT2D eigenvalue weighted by molar-refractivity contribution is 6.92. The van der Waals surface area contributed by atoms with E-state index in [-0.39, 0.29) is 11.2 Å². The first-order valence-corrected chi connectivity index (χ1v) is 11.7. The van der Waals surface area contributed by atoms with Gasteiger partial charge in [-0.15, -0.1) is 0 Å². The Morgan fingerprint density at radius 3 is 2.48 bits per heavy atom. The second-order valence-electron chi connectivity index (χ2n) is 7.60. The fourth-order valence-corrected chi connectivity index (χ4v) is 8.08. The van der Waals surface area contributed by atoms with Gasteiger partial charge in [-0.2, -0.15) is 0 Å². The van der Waals surface area contributed by atoms with Gasteiger partial charge in [0.15, 0.2) is 0 Å². The van der Waals surface area contributed by atoms with Crippen molar-refractivity contribution in [3.8, 4) is 0 Å². The van der Waals surface area contributed by atoms with Crippen molar-refractivity contribution in [2.24, 2.45) is 5.92 Å². The predicted molar refractivity (Wildman–Crippen MR) is 98.5 cm³/mol. The number of nitrogens with zero attached hydrogens (tertiary/aromatic N) is 1. The summed E-state index contributed by atoms with van der Waals surface area (Å²) in [5, 5.41) is 1.03. The summed E-state index contributed by atoms with van der Waals surface area (Å²) in [5.41, 5.74) is 0. The van der Waals surface area contributed by atoms with E-state index in [0.717, 1.165) is 13.0 Å². The fraction of sp³-hybridized carbons (Fsp3) is 0.632. The molecule has 3 atom stereocenters.